The first-order valence-electron chi connectivity index (χ1n) is 10.0. The molecule has 31 heavy (non-hydrogen) atoms. The van der Waals surface area contributed by atoms with Crippen molar-refractivity contribution in [1.29, 1.82) is 0 Å². The molecular weight excluding hydrogens is 392 g/mol. The van der Waals surface area contributed by atoms with Gasteiger partial charge in [-0.15, -0.1) is 0 Å². The van der Waals surface area contributed by atoms with Crippen LogP contribution in [0.25, 0.3) is 0 Å². The quantitative estimate of drug-likeness (QED) is 0.575. The number of hydrogen-bond donors (Lipinski definition) is 0. The number of hydrogen-bond acceptors (Lipinski definition) is 4. The molecule has 0 saturated carbocycles. The van der Waals surface area contributed by atoms with Crippen LogP contribution in [-0.4, -0.2) is 23.4 Å². The van der Waals surface area contributed by atoms with Crippen LogP contribution in [0.1, 0.15) is 27.9 Å². The molecule has 6 nitrogen and oxygen atoms in total. The Balaban J connectivity index is 1.69. The number of para-hydroxylation sites is 1. The Hall–Kier alpha value is -3.93. The summed E-state index contributed by atoms with van der Waals surface area (Å²) >= 11 is 0. The highest BCUT2D eigenvalue weighted by Gasteiger charge is 2.63. The molecule has 0 aromatic heterocycles. The molecule has 1 atom stereocenters. The Labute approximate surface area is 179 Å². The van der Waals surface area contributed by atoms with Gasteiger partial charge in [-0.3, -0.25) is 9.59 Å². The monoisotopic (exact) mass is 412 g/mol. The predicted octanol–water partition coefficient (Wildman–Crippen LogP) is 4.64. The van der Waals surface area contributed by atoms with Crippen molar-refractivity contribution in [3.05, 3.63) is 89.5 Å². The molecule has 0 N–H and O–H groups in total. The summed E-state index contributed by atoms with van der Waals surface area (Å²) in [5, 5.41) is 0. The molecule has 1 unspecified atom stereocenters. The van der Waals surface area contributed by atoms with Gasteiger partial charge in [-0.05, 0) is 50.2 Å². The number of rotatable bonds is 2. The Morgan fingerprint density at radius 1 is 0.774 bits per heavy atom. The van der Waals surface area contributed by atoms with Crippen LogP contribution in [0.4, 0.5) is 16.2 Å². The minimum Gasteiger partial charge on any atom is -0.457 e. The van der Waals surface area contributed by atoms with E-state index >= 15 is 0 Å². The van der Waals surface area contributed by atoms with E-state index in [2.05, 4.69) is 0 Å². The molecule has 5 rings (SSSR count). The molecule has 3 aromatic carbocycles. The average molecular weight is 412 g/mol. The van der Waals surface area contributed by atoms with Crippen molar-refractivity contribution in [3.63, 3.8) is 0 Å². The first kappa shape index (κ1) is 19.1. The molecule has 0 aliphatic carbocycles. The number of fused-ring (bicyclic) bond motifs is 1. The molecule has 6 heteroatoms. The molecule has 2 heterocycles. The molecule has 0 bridgehead atoms. The van der Waals surface area contributed by atoms with E-state index in [1.165, 1.54) is 4.90 Å². The fourth-order valence-corrected chi connectivity index (χ4v) is 4.11. The third kappa shape index (κ3) is 2.83. The van der Waals surface area contributed by atoms with Crippen LogP contribution < -0.4 is 14.5 Å². The fraction of sp³-hybridized carbons (Fsp3) is 0.160. The molecule has 0 radical (unpaired) electrons. The topological polar surface area (TPSA) is 66.9 Å². The maximum absolute atomic E-state index is 13.8. The van der Waals surface area contributed by atoms with Crippen molar-refractivity contribution in [2.24, 2.45) is 0 Å². The van der Waals surface area contributed by atoms with E-state index < -0.39 is 17.7 Å². The molecule has 1 spiro atoms. The number of Topliss-reactive ketones (excluding diaryl/α,β-unsaturated/α-hetero) is 1. The van der Waals surface area contributed by atoms with Crippen molar-refractivity contribution in [2.45, 2.75) is 26.0 Å². The summed E-state index contributed by atoms with van der Waals surface area (Å²) in [5.41, 5.74) is 1.58. The summed E-state index contributed by atoms with van der Waals surface area (Å²) in [6, 6.07) is 20.6. The lowest BCUT2D eigenvalue weighted by Gasteiger charge is -2.38. The summed E-state index contributed by atoms with van der Waals surface area (Å²) in [5.74, 6) is -0.529. The highest BCUT2D eigenvalue weighted by molar-refractivity contribution is 6.31. The fourth-order valence-electron chi connectivity index (χ4n) is 4.11. The van der Waals surface area contributed by atoms with Gasteiger partial charge >= 0.3 is 11.9 Å². The van der Waals surface area contributed by atoms with E-state index in [1.54, 1.807) is 48.5 Å². The second kappa shape index (κ2) is 6.80. The van der Waals surface area contributed by atoms with Crippen LogP contribution in [0.5, 0.6) is 5.75 Å². The van der Waals surface area contributed by atoms with Gasteiger partial charge in [0.15, 0.2) is 5.78 Å². The van der Waals surface area contributed by atoms with Gasteiger partial charge in [0.2, 0.25) is 0 Å². The molecule has 2 aliphatic rings. The molecule has 3 aromatic rings. The third-order valence-corrected chi connectivity index (χ3v) is 5.73. The minimum absolute atomic E-state index is 0.245. The summed E-state index contributed by atoms with van der Waals surface area (Å²) in [4.78, 5) is 42.8. The van der Waals surface area contributed by atoms with Crippen molar-refractivity contribution in [1.82, 2.24) is 0 Å². The molecule has 3 amide bonds. The van der Waals surface area contributed by atoms with E-state index in [9.17, 15) is 14.4 Å². The van der Waals surface area contributed by atoms with Crippen LogP contribution >= 0.6 is 0 Å². The van der Waals surface area contributed by atoms with Crippen LogP contribution in [-0.2, 0) is 4.79 Å². The zero-order valence-electron chi connectivity index (χ0n) is 17.2. The number of nitrogens with zero attached hydrogens (tertiary/aromatic N) is 2. The number of imide groups is 1. The van der Waals surface area contributed by atoms with Crippen LogP contribution in [0, 0.1) is 13.8 Å². The maximum atomic E-state index is 13.8. The third-order valence-electron chi connectivity index (χ3n) is 5.73. The number of aryl methyl sites for hydroxylation is 2. The van der Waals surface area contributed by atoms with Crippen LogP contribution in [0.2, 0.25) is 0 Å². The summed E-state index contributed by atoms with van der Waals surface area (Å²) in [6.45, 7) is 3.86. The van der Waals surface area contributed by atoms with Crippen molar-refractivity contribution >= 4 is 29.1 Å². The minimum atomic E-state index is -1.78. The first-order valence-corrected chi connectivity index (χ1v) is 10.0. The molecule has 154 valence electrons. The molecule has 1 saturated heterocycles. The summed E-state index contributed by atoms with van der Waals surface area (Å²) in [7, 11) is 0. The van der Waals surface area contributed by atoms with Crippen LogP contribution in [0.15, 0.2) is 72.8 Å². The lowest BCUT2D eigenvalue weighted by atomic mass is 9.94. The molecule has 2 aliphatic heterocycles. The highest BCUT2D eigenvalue weighted by Crippen LogP contribution is 2.44. The normalized spacial score (nSPS) is 20.3. The van der Waals surface area contributed by atoms with E-state index in [0.717, 1.165) is 16.0 Å². The Morgan fingerprint density at radius 2 is 1.35 bits per heavy atom. The van der Waals surface area contributed by atoms with E-state index in [0.29, 0.717) is 22.7 Å². The summed E-state index contributed by atoms with van der Waals surface area (Å²) < 4.78 is 6.20. The highest BCUT2D eigenvalue weighted by atomic mass is 16.5. The van der Waals surface area contributed by atoms with Crippen molar-refractivity contribution in [3.8, 4) is 5.75 Å². The lowest BCUT2D eigenvalue weighted by Crippen LogP contribution is -2.58. The zero-order valence-corrected chi connectivity index (χ0v) is 17.2. The number of carbonyl (C=O) groups is 3. The van der Waals surface area contributed by atoms with Gasteiger partial charge in [-0.1, -0.05) is 47.5 Å². The first-order chi connectivity index (χ1) is 14.9. The van der Waals surface area contributed by atoms with Crippen LogP contribution in [0.3, 0.4) is 0 Å². The van der Waals surface area contributed by atoms with Gasteiger partial charge in [-0.2, -0.15) is 0 Å². The number of urea groups is 1. The largest absolute Gasteiger partial charge is 0.457 e. The van der Waals surface area contributed by atoms with Gasteiger partial charge in [-0.25, -0.2) is 14.6 Å². The predicted molar refractivity (Wildman–Crippen MR) is 116 cm³/mol. The van der Waals surface area contributed by atoms with Gasteiger partial charge in [0.05, 0.1) is 23.4 Å². The Kier molecular flexibility index (Phi) is 4.18. The van der Waals surface area contributed by atoms with Gasteiger partial charge in [0.25, 0.3) is 5.72 Å². The van der Waals surface area contributed by atoms with Gasteiger partial charge < -0.3 is 4.74 Å². The van der Waals surface area contributed by atoms with Crippen molar-refractivity contribution in [2.75, 3.05) is 9.80 Å². The standard InChI is InChI=1S/C25H20N2O4/c1-16-7-11-18(12-8-16)26-23(29)25(15-21(28)20-5-3-4-6-22(20)31-25)27(24(26)30)19-13-9-17(2)10-14-19/h3-14H,15H2,1-2H3. The van der Waals surface area contributed by atoms with Crippen molar-refractivity contribution < 1.29 is 19.1 Å². The Bertz CT molecular complexity index is 1220. The maximum Gasteiger partial charge on any atom is 0.339 e. The van der Waals surface area contributed by atoms with E-state index in [-0.39, 0.29) is 12.2 Å². The SMILES string of the molecule is Cc1ccc(N2C(=O)N(c3ccc(C)cc3)C3(CC(=O)c4ccccc4O3)C2=O)cc1. The number of amides is 3. The lowest BCUT2D eigenvalue weighted by molar-refractivity contribution is -0.130. The number of carbonyl (C=O) groups excluding carboxylic acids is 3. The molecular formula is C25H20N2O4. The number of ketones is 1. The zero-order chi connectivity index (χ0) is 21.8. The number of benzene rings is 3. The van der Waals surface area contributed by atoms with Gasteiger partial charge in [0.1, 0.15) is 5.75 Å². The van der Waals surface area contributed by atoms with Gasteiger partial charge in [0, 0.05) is 0 Å². The van der Waals surface area contributed by atoms with E-state index in [4.69, 9.17) is 4.74 Å². The number of anilines is 2. The second-order valence-corrected chi connectivity index (χ2v) is 7.91. The molecule has 1 fully saturated rings. The van der Waals surface area contributed by atoms with E-state index in [1.807, 2.05) is 38.1 Å². The average Bonchev–Trinajstić information content (AvgIpc) is 2.96. The summed E-state index contributed by atoms with van der Waals surface area (Å²) in [6.07, 6.45) is -0.259. The Morgan fingerprint density at radius 3 is 2.00 bits per heavy atom. The number of ether oxygens (including phenoxy) is 1. The second-order valence-electron chi connectivity index (χ2n) is 7.91. The smallest absolute Gasteiger partial charge is 0.339 e.